The van der Waals surface area contributed by atoms with Crippen LogP contribution in [0.15, 0.2) is 121 Å². The standard InChI is InChI=1S/C26H24OP/c1-26(27,22-14-6-2-7-15-22)28(23-16-8-3-9-17-23,24-18-10-4-11-19-24)25-20-12-5-13-21-25/h2-21,27H,1H3/q+1. The number of rotatable bonds is 5. The van der Waals surface area contributed by atoms with Gasteiger partial charge >= 0.3 is 0 Å². The van der Waals surface area contributed by atoms with E-state index >= 15 is 0 Å². The van der Waals surface area contributed by atoms with E-state index < -0.39 is 12.6 Å². The third-order valence-electron chi connectivity index (χ3n) is 5.40. The molecule has 0 amide bonds. The zero-order valence-corrected chi connectivity index (χ0v) is 16.8. The van der Waals surface area contributed by atoms with Gasteiger partial charge in [-0.2, -0.15) is 0 Å². The summed E-state index contributed by atoms with van der Waals surface area (Å²) in [5.74, 6) is 0. The van der Waals surface area contributed by atoms with Gasteiger partial charge in [-0.05, 0) is 36.4 Å². The van der Waals surface area contributed by atoms with E-state index in [2.05, 4.69) is 72.8 Å². The average molecular weight is 383 g/mol. The predicted molar refractivity (Wildman–Crippen MR) is 121 cm³/mol. The highest BCUT2D eigenvalue weighted by atomic mass is 31.2. The summed E-state index contributed by atoms with van der Waals surface area (Å²) in [5, 5.41) is 14.7. The molecule has 1 nitrogen and oxygen atoms in total. The fourth-order valence-corrected chi connectivity index (χ4v) is 8.90. The molecule has 0 heterocycles. The van der Waals surface area contributed by atoms with Crippen LogP contribution in [0.4, 0.5) is 0 Å². The summed E-state index contributed by atoms with van der Waals surface area (Å²) >= 11 is 0. The highest BCUT2D eigenvalue weighted by Gasteiger charge is 2.60. The summed E-state index contributed by atoms with van der Waals surface area (Å²) in [5.41, 5.74) is 0.930. The molecule has 0 spiro atoms. The zero-order chi connectivity index (χ0) is 19.5. The number of benzene rings is 4. The largest absolute Gasteiger partial charge is 0.352 e. The van der Waals surface area contributed by atoms with Gasteiger partial charge in [0.15, 0.2) is 0 Å². The first kappa shape index (κ1) is 18.6. The van der Waals surface area contributed by atoms with Crippen molar-refractivity contribution in [3.63, 3.8) is 0 Å². The van der Waals surface area contributed by atoms with Crippen molar-refractivity contribution in [2.24, 2.45) is 0 Å². The Kier molecular flexibility index (Phi) is 5.13. The molecule has 1 atom stereocenters. The molecule has 0 aliphatic carbocycles. The lowest BCUT2D eigenvalue weighted by Crippen LogP contribution is -2.44. The average Bonchev–Trinajstić information content (AvgIpc) is 2.77. The molecule has 28 heavy (non-hydrogen) atoms. The lowest BCUT2D eigenvalue weighted by Gasteiger charge is -2.39. The van der Waals surface area contributed by atoms with Crippen molar-refractivity contribution in [2.45, 2.75) is 12.3 Å². The Hall–Kier alpha value is -2.73. The van der Waals surface area contributed by atoms with Crippen molar-refractivity contribution in [1.29, 1.82) is 0 Å². The molecule has 2 heteroatoms. The monoisotopic (exact) mass is 383 g/mol. The van der Waals surface area contributed by atoms with Gasteiger partial charge in [0.05, 0.1) is 0 Å². The van der Waals surface area contributed by atoms with Crippen LogP contribution in [0.5, 0.6) is 0 Å². The van der Waals surface area contributed by atoms with Crippen LogP contribution in [-0.4, -0.2) is 5.11 Å². The van der Waals surface area contributed by atoms with E-state index in [1.165, 1.54) is 15.9 Å². The normalized spacial score (nSPS) is 13.6. The minimum absolute atomic E-state index is 0.930. The summed E-state index contributed by atoms with van der Waals surface area (Å²) in [6.07, 6.45) is 0. The first-order valence-electron chi connectivity index (χ1n) is 9.51. The van der Waals surface area contributed by atoms with Crippen molar-refractivity contribution in [3.8, 4) is 0 Å². The molecule has 4 aromatic carbocycles. The Bertz CT molecular complexity index is 916. The lowest BCUT2D eigenvalue weighted by atomic mass is 10.1. The van der Waals surface area contributed by atoms with Gasteiger partial charge in [0, 0.05) is 12.5 Å². The molecular weight excluding hydrogens is 359 g/mol. The van der Waals surface area contributed by atoms with E-state index in [0.717, 1.165) is 5.56 Å². The Balaban J connectivity index is 2.14. The van der Waals surface area contributed by atoms with Crippen molar-refractivity contribution in [3.05, 3.63) is 127 Å². The molecule has 0 saturated carbocycles. The number of hydrogen-bond donors (Lipinski definition) is 1. The Morgan fingerprint density at radius 3 is 1.11 bits per heavy atom. The molecule has 138 valence electrons. The van der Waals surface area contributed by atoms with Gasteiger partial charge in [-0.3, -0.25) is 0 Å². The molecule has 0 aliphatic rings. The van der Waals surface area contributed by atoms with Crippen LogP contribution >= 0.6 is 7.26 Å². The second-order valence-electron chi connectivity index (χ2n) is 7.06. The van der Waals surface area contributed by atoms with Crippen molar-refractivity contribution >= 4 is 23.2 Å². The molecule has 0 radical (unpaired) electrons. The third-order valence-corrected chi connectivity index (χ3v) is 10.2. The van der Waals surface area contributed by atoms with Gasteiger partial charge in [0.2, 0.25) is 5.34 Å². The Morgan fingerprint density at radius 1 is 0.500 bits per heavy atom. The van der Waals surface area contributed by atoms with Crippen LogP contribution in [-0.2, 0) is 5.34 Å². The van der Waals surface area contributed by atoms with Gasteiger partial charge in [-0.1, -0.05) is 84.9 Å². The van der Waals surface area contributed by atoms with Crippen molar-refractivity contribution in [1.82, 2.24) is 0 Å². The highest BCUT2D eigenvalue weighted by Crippen LogP contribution is 2.68. The van der Waals surface area contributed by atoms with Crippen LogP contribution < -0.4 is 15.9 Å². The second kappa shape index (κ2) is 7.72. The second-order valence-corrected chi connectivity index (χ2v) is 10.8. The summed E-state index contributed by atoms with van der Waals surface area (Å²) in [7, 11) is -2.42. The molecule has 4 aromatic rings. The van der Waals surface area contributed by atoms with Crippen LogP contribution in [0.1, 0.15) is 12.5 Å². The maximum atomic E-state index is 12.3. The van der Waals surface area contributed by atoms with E-state index in [-0.39, 0.29) is 0 Å². The van der Waals surface area contributed by atoms with E-state index in [9.17, 15) is 5.11 Å². The molecule has 4 rings (SSSR count). The Labute approximate surface area is 167 Å². The summed E-state index contributed by atoms with van der Waals surface area (Å²) in [4.78, 5) is 0. The summed E-state index contributed by atoms with van der Waals surface area (Å²) in [6.45, 7) is 1.98. The quantitative estimate of drug-likeness (QED) is 0.489. The highest BCUT2D eigenvalue weighted by molar-refractivity contribution is 7.96. The molecule has 1 N–H and O–H groups in total. The van der Waals surface area contributed by atoms with Crippen molar-refractivity contribution < 1.29 is 5.11 Å². The predicted octanol–water partition coefficient (Wildman–Crippen LogP) is 4.85. The maximum Gasteiger partial charge on any atom is 0.211 e. The molecule has 0 aromatic heterocycles. The van der Waals surface area contributed by atoms with E-state index in [4.69, 9.17) is 0 Å². The smallest absolute Gasteiger partial charge is 0.211 e. The summed E-state index contributed by atoms with van der Waals surface area (Å²) < 4.78 is 0. The topological polar surface area (TPSA) is 20.2 Å². The van der Waals surface area contributed by atoms with E-state index in [0.29, 0.717) is 0 Å². The van der Waals surface area contributed by atoms with E-state index in [1.54, 1.807) is 0 Å². The van der Waals surface area contributed by atoms with Gasteiger partial charge in [0.25, 0.3) is 0 Å². The van der Waals surface area contributed by atoms with Crippen LogP contribution in [0, 0.1) is 0 Å². The molecule has 0 aliphatic heterocycles. The molecule has 0 fully saturated rings. The summed E-state index contributed by atoms with van der Waals surface area (Å²) in [6, 6.07) is 41.5. The van der Waals surface area contributed by atoms with Gasteiger partial charge in [-0.25, -0.2) is 0 Å². The van der Waals surface area contributed by atoms with E-state index in [1.807, 2.05) is 55.5 Å². The molecule has 0 bridgehead atoms. The first-order chi connectivity index (χ1) is 13.7. The molecule has 1 unspecified atom stereocenters. The molecular formula is C26H24OP+. The Morgan fingerprint density at radius 2 is 0.786 bits per heavy atom. The van der Waals surface area contributed by atoms with Gasteiger partial charge in [-0.15, -0.1) is 0 Å². The fourth-order valence-electron chi connectivity index (χ4n) is 4.10. The third kappa shape index (κ3) is 2.98. The van der Waals surface area contributed by atoms with Crippen LogP contribution in [0.2, 0.25) is 0 Å². The van der Waals surface area contributed by atoms with Crippen molar-refractivity contribution in [2.75, 3.05) is 0 Å². The SMILES string of the molecule is CC(O)(c1ccccc1)[P+](c1ccccc1)(c1ccccc1)c1ccccc1. The number of aliphatic hydroxyl groups is 1. The van der Waals surface area contributed by atoms with Crippen LogP contribution in [0.25, 0.3) is 0 Å². The maximum absolute atomic E-state index is 12.3. The molecule has 0 saturated heterocycles. The lowest BCUT2D eigenvalue weighted by molar-refractivity contribution is 0.152. The minimum atomic E-state index is -2.42. The zero-order valence-electron chi connectivity index (χ0n) is 15.9. The number of hydrogen-bond acceptors (Lipinski definition) is 1. The van der Waals surface area contributed by atoms with Gasteiger partial charge in [0.1, 0.15) is 23.2 Å². The minimum Gasteiger partial charge on any atom is -0.352 e. The fraction of sp³-hybridized carbons (Fsp3) is 0.0769. The van der Waals surface area contributed by atoms with Gasteiger partial charge < -0.3 is 5.11 Å². The van der Waals surface area contributed by atoms with Crippen LogP contribution in [0.3, 0.4) is 0 Å². The first-order valence-corrected chi connectivity index (χ1v) is 11.3.